The topological polar surface area (TPSA) is 41.1 Å². The predicted octanol–water partition coefficient (Wildman–Crippen LogP) is 3.67. The molecule has 110 valence electrons. The normalized spacial score (nSPS) is 10.4. The van der Waals surface area contributed by atoms with E-state index in [2.05, 4.69) is 17.6 Å². The van der Waals surface area contributed by atoms with E-state index in [1.165, 1.54) is 5.56 Å². The lowest BCUT2D eigenvalue weighted by Crippen LogP contribution is -2.14. The summed E-state index contributed by atoms with van der Waals surface area (Å²) in [6.07, 6.45) is 0. The molecule has 2 N–H and O–H groups in total. The number of carbonyl (C=O) groups is 1. The van der Waals surface area contributed by atoms with Crippen molar-refractivity contribution in [3.8, 4) is 0 Å². The Kier molecular flexibility index (Phi) is 5.12. The van der Waals surface area contributed by atoms with Crippen molar-refractivity contribution in [3.05, 3.63) is 64.7 Å². The number of benzene rings is 2. The van der Waals surface area contributed by atoms with E-state index in [1.54, 1.807) is 0 Å². The number of nitrogens with one attached hydrogen (secondary N) is 2. The summed E-state index contributed by atoms with van der Waals surface area (Å²) in [6.45, 7) is 7.87. The van der Waals surface area contributed by atoms with Crippen LogP contribution in [0.25, 0.3) is 0 Å². The lowest BCUT2D eigenvalue weighted by Gasteiger charge is -2.09. The van der Waals surface area contributed by atoms with Gasteiger partial charge in [0.1, 0.15) is 0 Å². The van der Waals surface area contributed by atoms with Crippen LogP contribution >= 0.6 is 0 Å². The van der Waals surface area contributed by atoms with Gasteiger partial charge in [-0.3, -0.25) is 4.79 Å². The first-order valence-electron chi connectivity index (χ1n) is 7.28. The minimum Gasteiger partial charge on any atom is -0.322 e. The molecule has 0 radical (unpaired) electrons. The van der Waals surface area contributed by atoms with Gasteiger partial charge in [-0.05, 0) is 49.7 Å². The third-order valence-electron chi connectivity index (χ3n) is 3.42. The minimum atomic E-state index is -0.0630. The second-order valence-corrected chi connectivity index (χ2v) is 5.25. The van der Waals surface area contributed by atoms with Gasteiger partial charge < -0.3 is 10.6 Å². The van der Waals surface area contributed by atoms with Crippen molar-refractivity contribution in [2.24, 2.45) is 0 Å². The van der Waals surface area contributed by atoms with Crippen LogP contribution in [0.1, 0.15) is 34.0 Å². The van der Waals surface area contributed by atoms with E-state index in [1.807, 2.05) is 56.3 Å². The minimum absolute atomic E-state index is 0.0630. The standard InChI is InChI=1S/C18H22N2O/c1-4-19-12-15-6-8-16(9-7-15)20-18(21)17-10-5-13(2)11-14(17)3/h5-11,19H,4,12H2,1-3H3,(H,20,21). The van der Waals surface area contributed by atoms with Gasteiger partial charge in [0.25, 0.3) is 5.91 Å². The van der Waals surface area contributed by atoms with E-state index in [-0.39, 0.29) is 5.91 Å². The molecule has 0 atom stereocenters. The Labute approximate surface area is 126 Å². The maximum atomic E-state index is 12.3. The maximum Gasteiger partial charge on any atom is 0.255 e. The summed E-state index contributed by atoms with van der Waals surface area (Å²) in [5.41, 5.74) is 4.91. The third-order valence-corrected chi connectivity index (χ3v) is 3.42. The number of aryl methyl sites for hydroxylation is 2. The van der Waals surface area contributed by atoms with Crippen molar-refractivity contribution in [3.63, 3.8) is 0 Å². The average Bonchev–Trinajstić information content (AvgIpc) is 2.46. The van der Waals surface area contributed by atoms with Crippen molar-refractivity contribution >= 4 is 11.6 Å². The van der Waals surface area contributed by atoms with Crippen LogP contribution in [0.15, 0.2) is 42.5 Å². The van der Waals surface area contributed by atoms with Gasteiger partial charge in [0.05, 0.1) is 0 Å². The Morgan fingerprint density at radius 3 is 2.38 bits per heavy atom. The molecule has 2 aromatic rings. The van der Waals surface area contributed by atoms with Crippen molar-refractivity contribution < 1.29 is 4.79 Å². The molecule has 0 aliphatic heterocycles. The summed E-state index contributed by atoms with van der Waals surface area (Å²) in [4.78, 5) is 12.3. The van der Waals surface area contributed by atoms with Crippen LogP contribution in [0.3, 0.4) is 0 Å². The fraction of sp³-hybridized carbons (Fsp3) is 0.278. The highest BCUT2D eigenvalue weighted by atomic mass is 16.1. The third kappa shape index (κ3) is 4.17. The van der Waals surface area contributed by atoms with Crippen LogP contribution in [0.4, 0.5) is 5.69 Å². The first kappa shape index (κ1) is 15.3. The summed E-state index contributed by atoms with van der Waals surface area (Å²) in [5.74, 6) is -0.0630. The molecule has 0 heterocycles. The van der Waals surface area contributed by atoms with Crippen LogP contribution in [-0.4, -0.2) is 12.5 Å². The van der Waals surface area contributed by atoms with Gasteiger partial charge in [-0.1, -0.05) is 36.8 Å². The molecule has 0 unspecified atom stereocenters. The summed E-state index contributed by atoms with van der Waals surface area (Å²) in [6, 6.07) is 13.8. The second-order valence-electron chi connectivity index (χ2n) is 5.25. The molecular weight excluding hydrogens is 260 g/mol. The van der Waals surface area contributed by atoms with E-state index < -0.39 is 0 Å². The summed E-state index contributed by atoms with van der Waals surface area (Å²) < 4.78 is 0. The molecule has 0 aliphatic rings. The van der Waals surface area contributed by atoms with Crippen molar-refractivity contribution in [1.82, 2.24) is 5.32 Å². The Balaban J connectivity index is 2.05. The van der Waals surface area contributed by atoms with E-state index in [0.717, 1.165) is 35.5 Å². The molecule has 3 nitrogen and oxygen atoms in total. The van der Waals surface area contributed by atoms with Crippen LogP contribution in [-0.2, 0) is 6.54 Å². The zero-order chi connectivity index (χ0) is 15.2. The molecule has 2 aromatic carbocycles. The van der Waals surface area contributed by atoms with Crippen molar-refractivity contribution in [2.75, 3.05) is 11.9 Å². The number of rotatable bonds is 5. The number of hydrogen-bond acceptors (Lipinski definition) is 2. The molecule has 0 saturated heterocycles. The Morgan fingerprint density at radius 1 is 1.05 bits per heavy atom. The molecule has 2 rings (SSSR count). The zero-order valence-corrected chi connectivity index (χ0v) is 12.9. The molecule has 3 heteroatoms. The van der Waals surface area contributed by atoms with E-state index in [4.69, 9.17) is 0 Å². The van der Waals surface area contributed by atoms with Gasteiger partial charge in [-0.15, -0.1) is 0 Å². The van der Waals surface area contributed by atoms with Crippen molar-refractivity contribution in [1.29, 1.82) is 0 Å². The van der Waals surface area contributed by atoms with Gasteiger partial charge in [0, 0.05) is 17.8 Å². The summed E-state index contributed by atoms with van der Waals surface area (Å²) >= 11 is 0. The highest BCUT2D eigenvalue weighted by Crippen LogP contribution is 2.15. The summed E-state index contributed by atoms with van der Waals surface area (Å²) in [5, 5.41) is 6.22. The number of amides is 1. The lowest BCUT2D eigenvalue weighted by atomic mass is 10.1. The molecular formula is C18H22N2O. The molecule has 0 bridgehead atoms. The second kappa shape index (κ2) is 7.04. The maximum absolute atomic E-state index is 12.3. The molecule has 0 fully saturated rings. The van der Waals surface area contributed by atoms with E-state index >= 15 is 0 Å². The lowest BCUT2D eigenvalue weighted by molar-refractivity contribution is 0.102. The highest BCUT2D eigenvalue weighted by Gasteiger charge is 2.09. The fourth-order valence-electron chi connectivity index (χ4n) is 2.24. The van der Waals surface area contributed by atoms with Crippen LogP contribution in [0, 0.1) is 13.8 Å². The Bertz CT molecular complexity index is 618. The largest absolute Gasteiger partial charge is 0.322 e. The SMILES string of the molecule is CCNCc1ccc(NC(=O)c2ccc(C)cc2C)cc1. The smallest absolute Gasteiger partial charge is 0.255 e. The van der Waals surface area contributed by atoms with E-state index in [9.17, 15) is 4.79 Å². The quantitative estimate of drug-likeness (QED) is 0.878. The highest BCUT2D eigenvalue weighted by molar-refractivity contribution is 6.05. The molecule has 0 spiro atoms. The van der Waals surface area contributed by atoms with E-state index in [0.29, 0.717) is 0 Å². The van der Waals surface area contributed by atoms with Crippen molar-refractivity contribution in [2.45, 2.75) is 27.3 Å². The predicted molar refractivity (Wildman–Crippen MR) is 87.7 cm³/mol. The first-order chi connectivity index (χ1) is 10.1. The van der Waals surface area contributed by atoms with Crippen LogP contribution < -0.4 is 10.6 Å². The Hall–Kier alpha value is -2.13. The molecule has 0 aliphatic carbocycles. The van der Waals surface area contributed by atoms with Gasteiger partial charge in [-0.2, -0.15) is 0 Å². The summed E-state index contributed by atoms with van der Waals surface area (Å²) in [7, 11) is 0. The van der Waals surface area contributed by atoms with Crippen LogP contribution in [0.5, 0.6) is 0 Å². The van der Waals surface area contributed by atoms with Crippen LogP contribution in [0.2, 0.25) is 0 Å². The monoisotopic (exact) mass is 282 g/mol. The number of carbonyl (C=O) groups excluding carboxylic acids is 1. The van der Waals surface area contributed by atoms with Gasteiger partial charge >= 0.3 is 0 Å². The zero-order valence-electron chi connectivity index (χ0n) is 12.9. The van der Waals surface area contributed by atoms with Gasteiger partial charge in [-0.25, -0.2) is 0 Å². The fourth-order valence-corrected chi connectivity index (χ4v) is 2.24. The number of hydrogen-bond donors (Lipinski definition) is 2. The molecule has 1 amide bonds. The molecule has 21 heavy (non-hydrogen) atoms. The first-order valence-corrected chi connectivity index (χ1v) is 7.28. The van der Waals surface area contributed by atoms with Gasteiger partial charge in [0.15, 0.2) is 0 Å². The molecule has 0 saturated carbocycles. The Morgan fingerprint density at radius 2 is 1.76 bits per heavy atom. The average molecular weight is 282 g/mol. The molecule has 0 aromatic heterocycles. The van der Waals surface area contributed by atoms with Gasteiger partial charge in [0.2, 0.25) is 0 Å². The number of anilines is 1.